The summed E-state index contributed by atoms with van der Waals surface area (Å²) in [5, 5.41) is 32.8. The van der Waals surface area contributed by atoms with Crippen LogP contribution in [0.3, 0.4) is 0 Å². The lowest BCUT2D eigenvalue weighted by Gasteiger charge is -2.46. The molecule has 12 nitrogen and oxygen atoms in total. The first kappa shape index (κ1) is 26.4. The number of nitro groups is 2. The second-order valence-corrected chi connectivity index (χ2v) is 10.3. The van der Waals surface area contributed by atoms with E-state index < -0.39 is 21.9 Å². The minimum Gasteiger partial charge on any atom is -0.337 e. The number of nitro benzene ring substituents is 2. The maximum atomic E-state index is 12.6. The Kier molecular flexibility index (Phi) is 7.76. The van der Waals surface area contributed by atoms with Gasteiger partial charge in [-0.15, -0.1) is 0 Å². The maximum Gasteiger partial charge on any atom is 0.319 e. The molecule has 12 heteroatoms. The van der Waals surface area contributed by atoms with Crippen LogP contribution in [0.4, 0.5) is 32.3 Å². The van der Waals surface area contributed by atoms with Crippen LogP contribution >= 0.6 is 0 Å². The van der Waals surface area contributed by atoms with Crippen LogP contribution in [0.15, 0.2) is 48.5 Å². The Balaban J connectivity index is 1.55. The van der Waals surface area contributed by atoms with Crippen molar-refractivity contribution in [2.45, 2.75) is 46.1 Å². The summed E-state index contributed by atoms with van der Waals surface area (Å²) in [5.74, 6) is 0. The lowest BCUT2D eigenvalue weighted by molar-refractivity contribution is -0.385. The van der Waals surface area contributed by atoms with Crippen LogP contribution in [0.2, 0.25) is 0 Å². The van der Waals surface area contributed by atoms with E-state index in [1.807, 2.05) is 0 Å². The van der Waals surface area contributed by atoms with E-state index in [9.17, 15) is 29.8 Å². The molecule has 192 valence electrons. The molecular weight excluding hydrogens is 468 g/mol. The van der Waals surface area contributed by atoms with Crippen LogP contribution in [0.5, 0.6) is 0 Å². The third-order valence-electron chi connectivity index (χ3n) is 6.13. The van der Waals surface area contributed by atoms with Gasteiger partial charge < -0.3 is 21.3 Å². The third-order valence-corrected chi connectivity index (χ3v) is 6.13. The molecule has 36 heavy (non-hydrogen) atoms. The van der Waals surface area contributed by atoms with Crippen LogP contribution < -0.4 is 21.3 Å². The lowest BCUT2D eigenvalue weighted by Crippen LogP contribution is -2.51. The Morgan fingerprint density at radius 3 is 1.78 bits per heavy atom. The minimum absolute atomic E-state index is 0.0594. The fourth-order valence-electron chi connectivity index (χ4n) is 5.02. The number of carbonyl (C=O) groups excluding carboxylic acids is 2. The van der Waals surface area contributed by atoms with Gasteiger partial charge in [0.25, 0.3) is 11.4 Å². The van der Waals surface area contributed by atoms with Crippen LogP contribution in [0.25, 0.3) is 0 Å². The molecule has 4 N–H and O–H groups in total. The van der Waals surface area contributed by atoms with E-state index >= 15 is 0 Å². The molecule has 4 amide bonds. The smallest absolute Gasteiger partial charge is 0.319 e. The first-order valence-corrected chi connectivity index (χ1v) is 11.5. The van der Waals surface area contributed by atoms with Crippen molar-refractivity contribution in [3.05, 3.63) is 68.8 Å². The van der Waals surface area contributed by atoms with Gasteiger partial charge in [0.15, 0.2) is 0 Å². The van der Waals surface area contributed by atoms with Crippen molar-refractivity contribution in [2.24, 2.45) is 10.8 Å². The molecule has 0 spiro atoms. The van der Waals surface area contributed by atoms with Gasteiger partial charge in [0, 0.05) is 48.2 Å². The summed E-state index contributed by atoms with van der Waals surface area (Å²) in [4.78, 5) is 45.6. The number of amides is 4. The van der Waals surface area contributed by atoms with Crippen LogP contribution in [-0.4, -0.2) is 34.5 Å². The van der Waals surface area contributed by atoms with Crippen LogP contribution in [0.1, 0.15) is 40.0 Å². The monoisotopic (exact) mass is 498 g/mol. The second kappa shape index (κ2) is 10.6. The van der Waals surface area contributed by atoms with Crippen LogP contribution in [-0.2, 0) is 0 Å². The molecular formula is C24H30N6O6. The first-order valence-electron chi connectivity index (χ1n) is 11.5. The highest BCUT2D eigenvalue weighted by molar-refractivity contribution is 5.90. The summed E-state index contributed by atoms with van der Waals surface area (Å²) in [6.45, 7) is 6.66. The number of urea groups is 2. The molecule has 0 heterocycles. The van der Waals surface area contributed by atoms with E-state index in [-0.39, 0.29) is 28.2 Å². The number of rotatable bonds is 7. The van der Waals surface area contributed by atoms with Gasteiger partial charge in [-0.2, -0.15) is 0 Å². The molecule has 1 fully saturated rings. The van der Waals surface area contributed by atoms with Crippen molar-refractivity contribution in [3.8, 4) is 0 Å². The molecule has 2 aromatic carbocycles. The topological polar surface area (TPSA) is 169 Å². The summed E-state index contributed by atoms with van der Waals surface area (Å²) in [6, 6.07) is 10.2. The summed E-state index contributed by atoms with van der Waals surface area (Å²) in [5.41, 5.74) is 0.384. The van der Waals surface area contributed by atoms with Gasteiger partial charge in [-0.1, -0.05) is 20.8 Å². The first-order chi connectivity index (χ1) is 16.8. The largest absolute Gasteiger partial charge is 0.337 e. The summed E-state index contributed by atoms with van der Waals surface area (Å²) >= 11 is 0. The molecule has 0 aliphatic heterocycles. The zero-order valence-electron chi connectivity index (χ0n) is 20.4. The highest BCUT2D eigenvalue weighted by Crippen LogP contribution is 2.45. The predicted octanol–water partition coefficient (Wildman–Crippen LogP) is 5.03. The number of nitrogens with zero attached hydrogens (tertiary/aromatic N) is 2. The van der Waals surface area contributed by atoms with Gasteiger partial charge in [-0.3, -0.25) is 20.2 Å². The second-order valence-electron chi connectivity index (χ2n) is 10.3. The molecule has 1 saturated carbocycles. The zero-order valence-corrected chi connectivity index (χ0v) is 20.4. The molecule has 0 bridgehead atoms. The Bertz CT molecular complexity index is 1130. The number of benzene rings is 2. The number of nitrogens with one attached hydrogen (secondary N) is 4. The summed E-state index contributed by atoms with van der Waals surface area (Å²) in [7, 11) is 0. The fourth-order valence-corrected chi connectivity index (χ4v) is 5.02. The van der Waals surface area contributed by atoms with Crippen molar-refractivity contribution in [1.29, 1.82) is 0 Å². The molecule has 3 rings (SSSR count). The lowest BCUT2D eigenvalue weighted by atomic mass is 9.62. The van der Waals surface area contributed by atoms with Gasteiger partial charge in [-0.25, -0.2) is 9.59 Å². The van der Waals surface area contributed by atoms with E-state index in [0.29, 0.717) is 24.3 Å². The van der Waals surface area contributed by atoms with Gasteiger partial charge in [0.05, 0.1) is 9.85 Å². The molecule has 0 unspecified atom stereocenters. The molecule has 2 atom stereocenters. The van der Waals surface area contributed by atoms with E-state index in [4.69, 9.17) is 0 Å². The van der Waals surface area contributed by atoms with Crippen molar-refractivity contribution in [3.63, 3.8) is 0 Å². The standard InChI is InChI=1S/C24H30N6O6/c1-23(2)12-18(28-22(32)27-17-6-10-20(11-7-17)30(35)36)13-24(3,14-23)15-25-21(31)26-16-4-8-19(9-5-16)29(33)34/h4-11,18H,12-15H2,1-3H3,(H2,25,26,31)(H2,27,28,32)/t18-,24-/m0/s1. The normalized spacial score (nSPS) is 20.6. The number of hydrogen-bond acceptors (Lipinski definition) is 6. The van der Waals surface area contributed by atoms with Crippen LogP contribution in [0, 0.1) is 31.1 Å². The quantitative estimate of drug-likeness (QED) is 0.308. The molecule has 0 aromatic heterocycles. The van der Waals surface area contributed by atoms with Gasteiger partial charge in [-0.05, 0) is 54.4 Å². The minimum atomic E-state index is -0.508. The summed E-state index contributed by atoms with van der Waals surface area (Å²) in [6.07, 6.45) is 2.23. The van der Waals surface area contributed by atoms with Crippen molar-refractivity contribution in [2.75, 3.05) is 17.2 Å². The average Bonchev–Trinajstić information content (AvgIpc) is 2.77. The van der Waals surface area contributed by atoms with E-state index in [0.717, 1.165) is 12.8 Å². The summed E-state index contributed by atoms with van der Waals surface area (Å²) < 4.78 is 0. The fraction of sp³-hybridized carbons (Fsp3) is 0.417. The number of non-ortho nitro benzene ring substituents is 2. The van der Waals surface area contributed by atoms with Gasteiger partial charge in [0.1, 0.15) is 0 Å². The van der Waals surface area contributed by atoms with E-state index in [2.05, 4.69) is 42.0 Å². The number of hydrogen-bond donors (Lipinski definition) is 4. The van der Waals surface area contributed by atoms with Crippen molar-refractivity contribution < 1.29 is 19.4 Å². The highest BCUT2D eigenvalue weighted by Gasteiger charge is 2.41. The number of anilines is 2. The maximum absolute atomic E-state index is 12.6. The van der Waals surface area contributed by atoms with Gasteiger partial charge in [0.2, 0.25) is 0 Å². The average molecular weight is 499 g/mol. The molecule has 0 radical (unpaired) electrons. The van der Waals surface area contributed by atoms with E-state index in [1.54, 1.807) is 0 Å². The SMILES string of the molecule is CC1(C)C[C@H](NC(=O)Nc2ccc([N+](=O)[O-])cc2)C[C@](C)(CNC(=O)Nc2ccc([N+](=O)[O-])cc2)C1. The Hall–Kier alpha value is -4.22. The third kappa shape index (κ3) is 7.39. The molecule has 0 saturated heterocycles. The molecule has 2 aromatic rings. The van der Waals surface area contributed by atoms with E-state index in [1.165, 1.54) is 48.5 Å². The predicted molar refractivity (Wildman–Crippen MR) is 135 cm³/mol. The van der Waals surface area contributed by atoms with Crippen molar-refractivity contribution >= 4 is 34.8 Å². The Morgan fingerprint density at radius 1 is 0.833 bits per heavy atom. The van der Waals surface area contributed by atoms with Gasteiger partial charge >= 0.3 is 12.1 Å². The Labute approximate surface area is 208 Å². The molecule has 1 aliphatic carbocycles. The Morgan fingerprint density at radius 2 is 1.31 bits per heavy atom. The molecule has 1 aliphatic rings. The number of carbonyl (C=O) groups is 2. The highest BCUT2D eigenvalue weighted by atomic mass is 16.6. The zero-order chi connectivity index (χ0) is 26.5. The van der Waals surface area contributed by atoms with Crippen molar-refractivity contribution in [1.82, 2.24) is 10.6 Å².